The molecule has 156 valence electrons. The average Bonchev–Trinajstić information content (AvgIpc) is 3.27. The van der Waals surface area contributed by atoms with Crippen LogP contribution in [0.25, 0.3) is 0 Å². The monoisotopic (exact) mass is 416 g/mol. The smallest absolute Gasteiger partial charge is 0.415 e. The second-order valence-electron chi connectivity index (χ2n) is 7.06. The highest BCUT2D eigenvalue weighted by molar-refractivity contribution is 7.09. The molecule has 1 amide bonds. The summed E-state index contributed by atoms with van der Waals surface area (Å²) >= 11 is 1.76. The van der Waals surface area contributed by atoms with Gasteiger partial charge in [-0.1, -0.05) is 24.3 Å². The summed E-state index contributed by atoms with van der Waals surface area (Å²) < 4.78 is 10.5. The summed E-state index contributed by atoms with van der Waals surface area (Å²) in [7, 11) is 1.38. The number of benzene rings is 1. The molecule has 1 aliphatic heterocycles. The first-order valence-corrected chi connectivity index (χ1v) is 10.8. The lowest BCUT2D eigenvalue weighted by Crippen LogP contribution is -2.63. The number of piperidine rings is 1. The van der Waals surface area contributed by atoms with Crippen molar-refractivity contribution in [2.24, 2.45) is 0 Å². The number of carbonyl (C=O) groups excluding carboxylic acids is 2. The van der Waals surface area contributed by atoms with E-state index < -0.39 is 17.6 Å². The highest BCUT2D eigenvalue weighted by atomic mass is 32.1. The number of thiophene rings is 1. The van der Waals surface area contributed by atoms with Crippen molar-refractivity contribution >= 4 is 29.1 Å². The number of esters is 1. The van der Waals surface area contributed by atoms with Crippen LogP contribution in [0, 0.1) is 0 Å². The molecule has 0 N–H and O–H groups in total. The molecule has 7 heteroatoms. The largest absolute Gasteiger partial charge is 0.467 e. The molecule has 0 bridgehead atoms. The van der Waals surface area contributed by atoms with E-state index in [9.17, 15) is 9.59 Å². The Kier molecular flexibility index (Phi) is 7.28. The highest BCUT2D eigenvalue weighted by Crippen LogP contribution is 2.35. The Labute approximate surface area is 176 Å². The van der Waals surface area contributed by atoms with Crippen LogP contribution in [0.1, 0.15) is 24.6 Å². The zero-order chi connectivity index (χ0) is 20.7. The molecule has 0 saturated carbocycles. The molecule has 1 aromatic heterocycles. The second kappa shape index (κ2) is 9.89. The number of nitrogens with zero attached hydrogens (tertiary/aromatic N) is 2. The summed E-state index contributed by atoms with van der Waals surface area (Å²) in [5.41, 5.74) is -0.426. The number of amides is 1. The molecule has 1 aliphatic rings. The van der Waals surface area contributed by atoms with Gasteiger partial charge in [0, 0.05) is 30.2 Å². The quantitative estimate of drug-likeness (QED) is 0.640. The van der Waals surface area contributed by atoms with Crippen molar-refractivity contribution in [2.75, 3.05) is 38.3 Å². The van der Waals surface area contributed by atoms with Crippen molar-refractivity contribution < 1.29 is 19.1 Å². The molecule has 0 unspecified atom stereocenters. The Morgan fingerprint density at radius 3 is 2.45 bits per heavy atom. The minimum atomic E-state index is -1.07. The first kappa shape index (κ1) is 21.3. The van der Waals surface area contributed by atoms with E-state index >= 15 is 0 Å². The summed E-state index contributed by atoms with van der Waals surface area (Å²) in [6.45, 7) is 4.36. The lowest BCUT2D eigenvalue weighted by molar-refractivity contribution is -0.149. The molecule has 0 spiro atoms. The van der Waals surface area contributed by atoms with E-state index in [-0.39, 0.29) is 6.61 Å². The number of hydrogen-bond donors (Lipinski definition) is 0. The van der Waals surface area contributed by atoms with Crippen LogP contribution in [0.2, 0.25) is 0 Å². The van der Waals surface area contributed by atoms with Gasteiger partial charge in [-0.15, -0.1) is 11.3 Å². The van der Waals surface area contributed by atoms with Crippen molar-refractivity contribution in [1.82, 2.24) is 4.90 Å². The van der Waals surface area contributed by atoms with E-state index in [1.807, 2.05) is 30.3 Å². The third-order valence-electron chi connectivity index (χ3n) is 5.40. The molecular weight excluding hydrogens is 388 g/mol. The van der Waals surface area contributed by atoms with Crippen LogP contribution in [0.3, 0.4) is 0 Å². The first-order valence-electron chi connectivity index (χ1n) is 9.96. The third kappa shape index (κ3) is 4.79. The van der Waals surface area contributed by atoms with Crippen molar-refractivity contribution in [3.63, 3.8) is 0 Å². The summed E-state index contributed by atoms with van der Waals surface area (Å²) in [4.78, 5) is 31.1. The van der Waals surface area contributed by atoms with E-state index in [4.69, 9.17) is 9.47 Å². The number of methoxy groups -OCH3 is 1. The molecule has 1 aromatic carbocycles. The van der Waals surface area contributed by atoms with Crippen LogP contribution in [-0.4, -0.2) is 55.9 Å². The molecule has 3 rings (SSSR count). The van der Waals surface area contributed by atoms with Gasteiger partial charge < -0.3 is 14.4 Å². The Bertz CT molecular complexity index is 786. The Morgan fingerprint density at radius 1 is 1.14 bits per heavy atom. The molecule has 6 nitrogen and oxygen atoms in total. The van der Waals surface area contributed by atoms with Crippen LogP contribution in [0.5, 0.6) is 0 Å². The van der Waals surface area contributed by atoms with Crippen LogP contribution in [0.15, 0.2) is 47.8 Å². The van der Waals surface area contributed by atoms with Gasteiger partial charge in [-0.3, -0.25) is 4.90 Å². The van der Waals surface area contributed by atoms with Crippen LogP contribution >= 0.6 is 11.3 Å². The normalized spacial score (nSPS) is 16.2. The fourth-order valence-electron chi connectivity index (χ4n) is 3.87. The molecule has 1 fully saturated rings. The predicted octanol–water partition coefficient (Wildman–Crippen LogP) is 3.96. The van der Waals surface area contributed by atoms with Crippen molar-refractivity contribution in [3.05, 3.63) is 52.7 Å². The lowest BCUT2D eigenvalue weighted by Gasteiger charge is -2.45. The van der Waals surface area contributed by atoms with Gasteiger partial charge in [0.1, 0.15) is 0 Å². The molecule has 0 radical (unpaired) electrons. The van der Waals surface area contributed by atoms with Gasteiger partial charge in [0.2, 0.25) is 0 Å². The van der Waals surface area contributed by atoms with Crippen molar-refractivity contribution in [1.29, 1.82) is 0 Å². The van der Waals surface area contributed by atoms with E-state index in [1.165, 1.54) is 16.9 Å². The molecule has 1 saturated heterocycles. The predicted molar refractivity (Wildman–Crippen MR) is 114 cm³/mol. The summed E-state index contributed by atoms with van der Waals surface area (Å²) in [6.07, 6.45) is 1.47. The Morgan fingerprint density at radius 2 is 1.86 bits per heavy atom. The van der Waals surface area contributed by atoms with E-state index in [0.29, 0.717) is 31.6 Å². The van der Waals surface area contributed by atoms with E-state index in [1.54, 1.807) is 18.3 Å². The third-order valence-corrected chi connectivity index (χ3v) is 6.33. The van der Waals surface area contributed by atoms with Gasteiger partial charge in [-0.25, -0.2) is 9.59 Å². The minimum Gasteiger partial charge on any atom is -0.467 e. The van der Waals surface area contributed by atoms with Crippen LogP contribution in [0.4, 0.5) is 10.5 Å². The Hall–Kier alpha value is -2.38. The summed E-state index contributed by atoms with van der Waals surface area (Å²) in [5.74, 6) is -0.396. The number of likely N-dealkylation sites (tertiary alicyclic amines) is 1. The van der Waals surface area contributed by atoms with Crippen LogP contribution in [-0.2, 0) is 20.7 Å². The first-order chi connectivity index (χ1) is 14.1. The number of hydrogen-bond acceptors (Lipinski definition) is 6. The molecule has 0 aliphatic carbocycles. The topological polar surface area (TPSA) is 59.1 Å². The SMILES string of the molecule is CCOC(=O)N(c1ccccc1)C1(C(=O)OC)CCN(CCc2cccs2)CC1. The number of para-hydroxylation sites is 1. The average molecular weight is 417 g/mol. The fourth-order valence-corrected chi connectivity index (χ4v) is 4.57. The maximum absolute atomic E-state index is 13.0. The molecular formula is C22H28N2O4S. The number of rotatable bonds is 7. The van der Waals surface area contributed by atoms with Gasteiger partial charge in [-0.2, -0.15) is 0 Å². The van der Waals surface area contributed by atoms with Gasteiger partial charge in [-0.05, 0) is 49.8 Å². The molecule has 29 heavy (non-hydrogen) atoms. The van der Waals surface area contributed by atoms with E-state index in [2.05, 4.69) is 22.4 Å². The number of anilines is 1. The second-order valence-corrected chi connectivity index (χ2v) is 8.10. The molecule has 2 heterocycles. The van der Waals surface area contributed by atoms with Gasteiger partial charge in [0.05, 0.1) is 13.7 Å². The maximum Gasteiger partial charge on any atom is 0.415 e. The highest BCUT2D eigenvalue weighted by Gasteiger charge is 2.50. The fraction of sp³-hybridized carbons (Fsp3) is 0.455. The minimum absolute atomic E-state index is 0.242. The Balaban J connectivity index is 1.81. The molecule has 2 aromatic rings. The standard InChI is InChI=1S/C22H28N2O4S/c1-3-28-21(26)24(18-8-5-4-6-9-18)22(20(25)27-2)12-15-23(16-13-22)14-11-19-10-7-17-29-19/h4-10,17H,3,11-16H2,1-2H3. The molecule has 0 atom stereocenters. The zero-order valence-corrected chi connectivity index (χ0v) is 17.8. The maximum atomic E-state index is 13.0. The van der Waals surface area contributed by atoms with Crippen molar-refractivity contribution in [2.45, 2.75) is 31.7 Å². The lowest BCUT2D eigenvalue weighted by atomic mass is 9.85. The van der Waals surface area contributed by atoms with Crippen molar-refractivity contribution in [3.8, 4) is 0 Å². The van der Waals surface area contributed by atoms with E-state index in [0.717, 1.165) is 13.0 Å². The zero-order valence-electron chi connectivity index (χ0n) is 17.0. The number of carbonyl (C=O) groups is 2. The van der Waals surface area contributed by atoms with Gasteiger partial charge in [0.25, 0.3) is 0 Å². The summed E-state index contributed by atoms with van der Waals surface area (Å²) in [5, 5.41) is 2.09. The number of ether oxygens (including phenoxy) is 2. The van der Waals surface area contributed by atoms with Gasteiger partial charge in [0.15, 0.2) is 5.54 Å². The summed E-state index contributed by atoms with van der Waals surface area (Å²) in [6, 6.07) is 13.4. The van der Waals surface area contributed by atoms with Gasteiger partial charge >= 0.3 is 12.1 Å². The van der Waals surface area contributed by atoms with Crippen LogP contribution < -0.4 is 4.90 Å².